The highest BCUT2D eigenvalue weighted by Gasteiger charge is 2.58. The average Bonchev–Trinajstić information content (AvgIpc) is 3.14. The molecule has 3 fully saturated rings. The topological polar surface area (TPSA) is 104 Å². The van der Waals surface area contributed by atoms with Crippen LogP contribution in [-0.2, 0) is 15.6 Å². The molecular weight excluding hydrogens is 357 g/mol. The van der Waals surface area contributed by atoms with Crippen molar-refractivity contribution in [2.45, 2.75) is 29.7 Å². The molecule has 132 valence electrons. The van der Waals surface area contributed by atoms with Gasteiger partial charge >= 0.3 is 0 Å². The zero-order valence-corrected chi connectivity index (χ0v) is 14.3. The lowest BCUT2D eigenvalue weighted by molar-refractivity contribution is -0.0979. The lowest BCUT2D eigenvalue weighted by Crippen LogP contribution is -2.59. The van der Waals surface area contributed by atoms with Gasteiger partial charge in [-0.1, -0.05) is 0 Å². The van der Waals surface area contributed by atoms with E-state index in [1.165, 1.54) is 18.5 Å². The number of hydrogen-bond donors (Lipinski definition) is 2. The van der Waals surface area contributed by atoms with Gasteiger partial charge in [0, 0.05) is 12.4 Å². The molecule has 2 bridgehead atoms. The van der Waals surface area contributed by atoms with Crippen molar-refractivity contribution in [3.63, 3.8) is 0 Å². The van der Waals surface area contributed by atoms with Crippen molar-refractivity contribution in [2.75, 3.05) is 4.72 Å². The number of anilines is 1. The van der Waals surface area contributed by atoms with Gasteiger partial charge in [-0.25, -0.2) is 12.8 Å². The minimum Gasteiger partial charge on any atom is -0.358 e. The summed E-state index contributed by atoms with van der Waals surface area (Å²) in [5, 5.41) is 13.4. The molecule has 9 heteroatoms. The maximum Gasteiger partial charge on any atom is 0.265 e. The smallest absolute Gasteiger partial charge is 0.265 e. The predicted molar refractivity (Wildman–Crippen MR) is 91.3 cm³/mol. The number of H-pyrrole nitrogens is 1. The lowest BCUT2D eigenvalue weighted by atomic mass is 9.50. The van der Waals surface area contributed by atoms with Crippen molar-refractivity contribution in [1.29, 1.82) is 5.26 Å². The largest absolute Gasteiger partial charge is 0.358 e. The van der Waals surface area contributed by atoms with Crippen molar-refractivity contribution in [3.05, 3.63) is 42.1 Å². The summed E-state index contributed by atoms with van der Waals surface area (Å²) >= 11 is 0. The molecule has 26 heavy (non-hydrogen) atoms. The van der Waals surface area contributed by atoms with E-state index in [2.05, 4.69) is 14.8 Å². The summed E-state index contributed by atoms with van der Waals surface area (Å²) in [7, 11) is -3.88. The molecule has 2 aromatic heterocycles. The molecule has 0 amide bonds. The van der Waals surface area contributed by atoms with Crippen LogP contribution in [0.2, 0.25) is 0 Å². The zero-order valence-electron chi connectivity index (χ0n) is 13.5. The Morgan fingerprint density at radius 3 is 2.81 bits per heavy atom. The summed E-state index contributed by atoms with van der Waals surface area (Å²) in [5.74, 6) is 0.171. The molecule has 0 spiro atoms. The van der Waals surface area contributed by atoms with E-state index in [1.54, 1.807) is 10.9 Å². The molecule has 7 nitrogen and oxygen atoms in total. The number of aromatic nitrogens is 3. The maximum absolute atomic E-state index is 14.0. The van der Waals surface area contributed by atoms with Crippen LogP contribution in [0.4, 0.5) is 10.1 Å². The molecule has 0 radical (unpaired) electrons. The van der Waals surface area contributed by atoms with E-state index in [1.807, 2.05) is 6.07 Å². The van der Waals surface area contributed by atoms with Gasteiger partial charge in [-0.15, -0.1) is 0 Å². The second kappa shape index (κ2) is 4.86. The van der Waals surface area contributed by atoms with E-state index in [4.69, 9.17) is 5.26 Å². The van der Waals surface area contributed by atoms with Gasteiger partial charge in [-0.05, 0) is 37.3 Å². The first-order valence-electron chi connectivity index (χ1n) is 8.19. The molecule has 3 saturated carbocycles. The summed E-state index contributed by atoms with van der Waals surface area (Å²) in [6, 6.07) is 4.36. The zero-order chi connectivity index (χ0) is 18.1. The van der Waals surface area contributed by atoms with Gasteiger partial charge in [0.2, 0.25) is 0 Å². The molecule has 2 N–H and O–H groups in total. The number of aromatic amines is 1. The summed E-state index contributed by atoms with van der Waals surface area (Å²) < 4.78 is 43.7. The third-order valence-corrected chi connectivity index (χ3v) is 6.83. The molecule has 1 aromatic carbocycles. The van der Waals surface area contributed by atoms with Gasteiger partial charge in [-0.3, -0.25) is 9.40 Å². The van der Waals surface area contributed by atoms with Crippen LogP contribution in [0, 0.1) is 23.1 Å². The highest BCUT2D eigenvalue weighted by atomic mass is 32.2. The lowest BCUT2D eigenvalue weighted by Gasteiger charge is -2.61. The van der Waals surface area contributed by atoms with Crippen molar-refractivity contribution in [1.82, 2.24) is 14.8 Å². The molecule has 3 aromatic rings. The number of rotatable bonds is 4. The van der Waals surface area contributed by atoms with Gasteiger partial charge in [0.05, 0.1) is 33.9 Å². The molecule has 3 aliphatic carbocycles. The fraction of sp³-hybridized carbons (Fsp3) is 0.294. The molecule has 0 atom stereocenters. The third kappa shape index (κ3) is 1.96. The van der Waals surface area contributed by atoms with Crippen LogP contribution in [-0.4, -0.2) is 23.2 Å². The van der Waals surface area contributed by atoms with Crippen LogP contribution >= 0.6 is 0 Å². The monoisotopic (exact) mass is 371 g/mol. The molecule has 0 saturated heterocycles. The number of benzene rings is 1. The van der Waals surface area contributed by atoms with Crippen LogP contribution in [0.5, 0.6) is 0 Å². The number of nitrogens with one attached hydrogen (secondary N) is 2. The normalized spacial score (nSPS) is 23.9. The number of halogens is 1. The van der Waals surface area contributed by atoms with Crippen LogP contribution in [0.1, 0.15) is 24.8 Å². The molecule has 0 unspecified atom stereocenters. The first-order valence-corrected chi connectivity index (χ1v) is 9.68. The molecule has 6 rings (SSSR count). The summed E-state index contributed by atoms with van der Waals surface area (Å²) in [5.41, 5.74) is 0.538. The van der Waals surface area contributed by atoms with E-state index >= 15 is 0 Å². The second-order valence-corrected chi connectivity index (χ2v) is 8.77. The van der Waals surface area contributed by atoms with E-state index in [-0.39, 0.29) is 32.6 Å². The van der Waals surface area contributed by atoms with Gasteiger partial charge in [-0.2, -0.15) is 10.4 Å². The predicted octanol–water partition coefficient (Wildman–Crippen LogP) is 2.68. The number of sulfonamides is 1. The Bertz CT molecular complexity index is 1190. The molecule has 2 heterocycles. The van der Waals surface area contributed by atoms with E-state index in [0.29, 0.717) is 0 Å². The van der Waals surface area contributed by atoms with Gasteiger partial charge in [0.1, 0.15) is 16.8 Å². The van der Waals surface area contributed by atoms with Crippen LogP contribution in [0.3, 0.4) is 0 Å². The number of nitrogens with zero attached hydrogens (tertiary/aromatic N) is 3. The number of fused-ring (bicyclic) bond motifs is 1. The summed E-state index contributed by atoms with van der Waals surface area (Å²) in [6.07, 6.45) is 7.40. The maximum atomic E-state index is 14.0. The van der Waals surface area contributed by atoms with Crippen molar-refractivity contribution in [2.24, 2.45) is 5.92 Å². The van der Waals surface area contributed by atoms with E-state index < -0.39 is 15.8 Å². The Labute approximate surface area is 148 Å². The average molecular weight is 371 g/mol. The summed E-state index contributed by atoms with van der Waals surface area (Å²) in [4.78, 5) is 2.83. The Morgan fingerprint density at radius 1 is 1.38 bits per heavy atom. The second-order valence-electron chi connectivity index (χ2n) is 7.09. The number of nitriles is 1. The first kappa shape index (κ1) is 15.4. The summed E-state index contributed by atoms with van der Waals surface area (Å²) in [6.45, 7) is 0. The van der Waals surface area contributed by atoms with Gasteiger partial charge in [0.15, 0.2) is 0 Å². The van der Waals surface area contributed by atoms with Crippen LogP contribution in [0.15, 0.2) is 35.6 Å². The highest BCUT2D eigenvalue weighted by molar-refractivity contribution is 7.92. The molecular formula is C17H14FN5O2S. The fourth-order valence-corrected chi connectivity index (χ4v) is 5.00. The van der Waals surface area contributed by atoms with E-state index in [0.717, 1.165) is 31.2 Å². The van der Waals surface area contributed by atoms with Crippen molar-refractivity contribution >= 4 is 26.6 Å². The van der Waals surface area contributed by atoms with E-state index in [9.17, 15) is 12.8 Å². The Kier molecular flexibility index (Phi) is 2.88. The Balaban J connectivity index is 1.51. The Hall–Kier alpha value is -2.86. The minimum absolute atomic E-state index is 0.00271. The van der Waals surface area contributed by atoms with Gasteiger partial charge in [0.25, 0.3) is 10.0 Å². The van der Waals surface area contributed by atoms with Gasteiger partial charge < -0.3 is 4.98 Å². The first-order chi connectivity index (χ1) is 12.4. The highest BCUT2D eigenvalue weighted by Crippen LogP contribution is 2.62. The van der Waals surface area contributed by atoms with Crippen LogP contribution in [0.25, 0.3) is 10.9 Å². The SMILES string of the molecule is N#Cc1c[nH]c2c(NS(=O)(=O)c3cnn(C45CC(C4)C5)c3)ccc(F)c12. The Morgan fingerprint density at radius 2 is 2.15 bits per heavy atom. The van der Waals surface area contributed by atoms with Crippen molar-refractivity contribution < 1.29 is 12.8 Å². The number of hydrogen-bond acceptors (Lipinski definition) is 4. The molecule has 3 aliphatic rings. The van der Waals surface area contributed by atoms with Crippen molar-refractivity contribution in [3.8, 4) is 6.07 Å². The minimum atomic E-state index is -3.88. The quantitative estimate of drug-likeness (QED) is 0.736. The molecule has 0 aliphatic heterocycles. The fourth-order valence-electron chi connectivity index (χ4n) is 4.00. The third-order valence-electron chi connectivity index (χ3n) is 5.51. The van der Waals surface area contributed by atoms with Crippen LogP contribution < -0.4 is 4.72 Å². The standard InChI is InChI=1S/C17H14FN5O2S/c18-13-1-2-14(16-15(13)11(6-19)7-20-16)22-26(24,25)12-8-21-23(9-12)17-3-10(4-17)5-17/h1-2,7-10,20,22H,3-5H2.